The number of hydrogen-bond donors (Lipinski definition) is 1. The lowest BCUT2D eigenvalue weighted by atomic mass is 10.2. The molecule has 0 fully saturated rings. The minimum Gasteiger partial charge on any atom is -0.470 e. The van der Waals surface area contributed by atoms with E-state index in [0.29, 0.717) is 13.1 Å². The van der Waals surface area contributed by atoms with Gasteiger partial charge in [0.05, 0.1) is 11.1 Å². The summed E-state index contributed by atoms with van der Waals surface area (Å²) in [6.45, 7) is 7.10. The normalized spacial score (nSPS) is 11.1. The van der Waals surface area contributed by atoms with E-state index >= 15 is 0 Å². The zero-order chi connectivity index (χ0) is 24.6. The molecule has 180 valence electrons. The second-order valence-electron chi connectivity index (χ2n) is 7.77. The first-order valence-corrected chi connectivity index (χ1v) is 12.6. The molecule has 0 aliphatic carbocycles. The molecule has 10 heteroatoms. The zero-order valence-corrected chi connectivity index (χ0v) is 20.4. The van der Waals surface area contributed by atoms with E-state index in [9.17, 15) is 13.2 Å². The molecule has 9 nitrogen and oxygen atoms in total. The number of rotatable bonds is 11. The van der Waals surface area contributed by atoms with Crippen LogP contribution in [0.2, 0.25) is 0 Å². The van der Waals surface area contributed by atoms with E-state index in [1.165, 1.54) is 18.3 Å². The van der Waals surface area contributed by atoms with Crippen molar-refractivity contribution in [1.82, 2.24) is 19.9 Å². The number of amides is 1. The van der Waals surface area contributed by atoms with E-state index in [1.54, 1.807) is 35.5 Å². The molecule has 0 saturated carbocycles. The minimum absolute atomic E-state index is 0.0764. The molecule has 2 aromatic heterocycles. The van der Waals surface area contributed by atoms with Gasteiger partial charge in [-0.15, -0.1) is 0 Å². The van der Waals surface area contributed by atoms with Gasteiger partial charge in [0.2, 0.25) is 5.82 Å². The van der Waals surface area contributed by atoms with E-state index in [-0.39, 0.29) is 34.8 Å². The molecule has 1 amide bonds. The number of carbonyl (C=O) groups is 1. The number of anilines is 1. The maximum atomic E-state index is 13.0. The average molecular weight is 484 g/mol. The van der Waals surface area contributed by atoms with E-state index in [2.05, 4.69) is 19.7 Å². The molecule has 0 saturated heterocycles. The highest BCUT2D eigenvalue weighted by atomic mass is 32.2. The van der Waals surface area contributed by atoms with Crippen LogP contribution in [0.1, 0.15) is 48.3 Å². The number of carbonyl (C=O) groups excluding carboxylic acids is 1. The smallest absolute Gasteiger partial charge is 0.274 e. The Morgan fingerprint density at radius 3 is 2.38 bits per heavy atom. The summed E-state index contributed by atoms with van der Waals surface area (Å²) in [6, 6.07) is 10.0. The summed E-state index contributed by atoms with van der Waals surface area (Å²) < 4.78 is 34.1. The molecule has 1 N–H and O–H groups in total. The largest absolute Gasteiger partial charge is 0.470 e. The van der Waals surface area contributed by atoms with Crippen molar-refractivity contribution in [3.63, 3.8) is 0 Å². The van der Waals surface area contributed by atoms with E-state index < -0.39 is 10.0 Å². The molecule has 3 rings (SSSR count). The summed E-state index contributed by atoms with van der Waals surface area (Å²) in [4.78, 5) is 27.4. The summed E-state index contributed by atoms with van der Waals surface area (Å²) in [6.07, 6.45) is 6.14. The third kappa shape index (κ3) is 6.50. The highest BCUT2D eigenvalue weighted by Crippen LogP contribution is 2.24. The van der Waals surface area contributed by atoms with Gasteiger partial charge in [-0.3, -0.25) is 14.5 Å². The Kier molecular flexibility index (Phi) is 8.53. The third-order valence-electron chi connectivity index (χ3n) is 4.89. The predicted molar refractivity (Wildman–Crippen MR) is 129 cm³/mol. The lowest BCUT2D eigenvalue weighted by Crippen LogP contribution is -2.33. The highest BCUT2D eigenvalue weighted by molar-refractivity contribution is 7.92. The van der Waals surface area contributed by atoms with Gasteiger partial charge in [-0.2, -0.15) is 0 Å². The Bertz CT molecular complexity index is 1200. The molecular formula is C24H29N5O4S. The van der Waals surface area contributed by atoms with Crippen LogP contribution >= 0.6 is 0 Å². The number of pyridine rings is 1. The molecule has 0 aliphatic heterocycles. The Hall–Kier alpha value is -3.53. The first-order chi connectivity index (χ1) is 16.3. The average Bonchev–Trinajstić information content (AvgIpc) is 2.83. The highest BCUT2D eigenvalue weighted by Gasteiger charge is 2.23. The van der Waals surface area contributed by atoms with Crippen molar-refractivity contribution in [2.75, 3.05) is 17.8 Å². The van der Waals surface area contributed by atoms with Gasteiger partial charge in [-0.25, -0.2) is 18.4 Å². The molecule has 3 aromatic rings. The predicted octanol–water partition coefficient (Wildman–Crippen LogP) is 3.82. The number of sulfonamides is 1. The summed E-state index contributed by atoms with van der Waals surface area (Å²) in [5, 5.41) is 0. The van der Waals surface area contributed by atoms with Crippen molar-refractivity contribution in [2.24, 2.45) is 0 Å². The number of benzene rings is 1. The first-order valence-electron chi connectivity index (χ1n) is 11.1. The first kappa shape index (κ1) is 25.1. The lowest BCUT2D eigenvalue weighted by molar-refractivity contribution is 0.0748. The fourth-order valence-electron chi connectivity index (χ4n) is 3.20. The summed E-state index contributed by atoms with van der Waals surface area (Å²) in [5.74, 6) is -0.466. The van der Waals surface area contributed by atoms with E-state index in [0.717, 1.165) is 24.0 Å². The van der Waals surface area contributed by atoms with Crippen LogP contribution in [0.4, 0.5) is 5.82 Å². The van der Waals surface area contributed by atoms with Gasteiger partial charge >= 0.3 is 0 Å². The molecule has 34 heavy (non-hydrogen) atoms. The number of aryl methyl sites for hydroxylation is 1. The van der Waals surface area contributed by atoms with Gasteiger partial charge in [0.1, 0.15) is 6.61 Å². The van der Waals surface area contributed by atoms with E-state index in [4.69, 9.17) is 4.74 Å². The van der Waals surface area contributed by atoms with Crippen LogP contribution in [0.5, 0.6) is 5.88 Å². The molecule has 0 spiro atoms. The minimum atomic E-state index is -3.94. The number of hydrogen-bond acceptors (Lipinski definition) is 7. The zero-order valence-electron chi connectivity index (χ0n) is 19.6. The molecule has 0 unspecified atom stereocenters. The fraction of sp³-hybridized carbons (Fsp3) is 0.333. The van der Waals surface area contributed by atoms with Gasteiger partial charge in [0, 0.05) is 31.0 Å². The molecule has 1 aromatic carbocycles. The van der Waals surface area contributed by atoms with Crippen LogP contribution in [0.15, 0.2) is 59.9 Å². The topological polar surface area (TPSA) is 114 Å². The van der Waals surface area contributed by atoms with Gasteiger partial charge < -0.3 is 9.64 Å². The van der Waals surface area contributed by atoms with Crippen LogP contribution < -0.4 is 9.46 Å². The van der Waals surface area contributed by atoms with Gasteiger partial charge in [-0.1, -0.05) is 37.6 Å². The molecular weight excluding hydrogens is 454 g/mol. The van der Waals surface area contributed by atoms with Crippen molar-refractivity contribution in [2.45, 2.75) is 45.1 Å². The molecule has 0 atom stereocenters. The molecule has 2 heterocycles. The second kappa shape index (κ2) is 11.6. The van der Waals surface area contributed by atoms with Crippen molar-refractivity contribution < 1.29 is 17.9 Å². The number of nitrogens with zero attached hydrogens (tertiary/aromatic N) is 4. The quantitative estimate of drug-likeness (QED) is 0.441. The Balaban J connectivity index is 1.93. The maximum absolute atomic E-state index is 13.0. The Morgan fingerprint density at radius 1 is 1.06 bits per heavy atom. The standard InChI is InChI=1S/C24H29N5O4S/c1-4-13-29(14-5-2)24(30)21-16-26-22(23(27-21)33-17-19-7-6-12-25-15-19)28-34(31,32)20-10-8-18(3)9-11-20/h6-12,15-16H,4-5,13-14,17H2,1-3H3,(H,26,28). The fourth-order valence-corrected chi connectivity index (χ4v) is 4.21. The van der Waals surface area contributed by atoms with E-state index in [1.807, 2.05) is 26.8 Å². The van der Waals surface area contributed by atoms with Crippen LogP contribution in [0.3, 0.4) is 0 Å². The van der Waals surface area contributed by atoms with Crippen molar-refractivity contribution in [1.29, 1.82) is 0 Å². The maximum Gasteiger partial charge on any atom is 0.274 e. The number of nitrogens with one attached hydrogen (secondary N) is 1. The molecule has 0 bridgehead atoms. The van der Waals surface area contributed by atoms with Crippen LogP contribution in [-0.2, 0) is 16.6 Å². The number of ether oxygens (including phenoxy) is 1. The summed E-state index contributed by atoms with van der Waals surface area (Å²) in [7, 11) is -3.94. The molecule has 0 aliphatic rings. The van der Waals surface area contributed by atoms with Crippen LogP contribution in [-0.4, -0.2) is 47.3 Å². The van der Waals surface area contributed by atoms with Crippen LogP contribution in [0, 0.1) is 6.92 Å². The second-order valence-corrected chi connectivity index (χ2v) is 9.45. The van der Waals surface area contributed by atoms with Gasteiger partial charge in [0.15, 0.2) is 5.69 Å². The lowest BCUT2D eigenvalue weighted by Gasteiger charge is -2.21. The van der Waals surface area contributed by atoms with Crippen molar-refractivity contribution >= 4 is 21.7 Å². The summed E-state index contributed by atoms with van der Waals surface area (Å²) in [5.41, 5.74) is 1.78. The van der Waals surface area contributed by atoms with Crippen LogP contribution in [0.25, 0.3) is 0 Å². The Labute approximate surface area is 200 Å². The Morgan fingerprint density at radius 2 is 1.76 bits per heavy atom. The van der Waals surface area contributed by atoms with Gasteiger partial charge in [-0.05, 0) is 38.0 Å². The monoisotopic (exact) mass is 483 g/mol. The number of aromatic nitrogens is 3. The van der Waals surface area contributed by atoms with Crippen molar-refractivity contribution in [3.05, 3.63) is 71.8 Å². The van der Waals surface area contributed by atoms with Gasteiger partial charge in [0.25, 0.3) is 21.8 Å². The van der Waals surface area contributed by atoms with Crippen molar-refractivity contribution in [3.8, 4) is 5.88 Å². The molecule has 0 radical (unpaired) electrons. The third-order valence-corrected chi connectivity index (χ3v) is 6.25. The SMILES string of the molecule is CCCN(CCC)C(=O)c1cnc(NS(=O)(=O)c2ccc(C)cc2)c(OCc2cccnc2)n1. The summed E-state index contributed by atoms with van der Waals surface area (Å²) >= 11 is 0.